The summed E-state index contributed by atoms with van der Waals surface area (Å²) in [5.41, 5.74) is 4.19. The van der Waals surface area contributed by atoms with Gasteiger partial charge in [0.1, 0.15) is 0 Å². The summed E-state index contributed by atoms with van der Waals surface area (Å²) in [5.74, 6) is 0.354. The number of amides is 1. The zero-order valence-electron chi connectivity index (χ0n) is 14.5. The highest BCUT2D eigenvalue weighted by Gasteiger charge is 2.38. The monoisotopic (exact) mass is 344 g/mol. The molecule has 1 fully saturated rings. The topological polar surface area (TPSA) is 59.8 Å². The van der Waals surface area contributed by atoms with Crippen LogP contribution in [0.15, 0.2) is 67.3 Å². The summed E-state index contributed by atoms with van der Waals surface area (Å²) in [4.78, 5) is 16.4. The normalized spacial score (nSPS) is 18.8. The Kier molecular flexibility index (Phi) is 4.35. The fraction of sp³-hybridized carbons (Fsp3) is 0.190. The van der Waals surface area contributed by atoms with Crippen LogP contribution in [0.2, 0.25) is 0 Å². The second-order valence-electron chi connectivity index (χ2n) is 6.57. The van der Waals surface area contributed by atoms with Gasteiger partial charge in [0.2, 0.25) is 5.91 Å². The van der Waals surface area contributed by atoms with Crippen molar-refractivity contribution in [2.24, 2.45) is 7.05 Å². The van der Waals surface area contributed by atoms with Crippen LogP contribution in [0.1, 0.15) is 23.5 Å². The lowest BCUT2D eigenvalue weighted by atomic mass is 10.0. The van der Waals surface area contributed by atoms with E-state index < -0.39 is 0 Å². The number of hydrogen-bond donors (Lipinski definition) is 1. The first-order chi connectivity index (χ1) is 12.7. The van der Waals surface area contributed by atoms with Gasteiger partial charge in [-0.3, -0.25) is 14.5 Å². The number of pyridine rings is 1. The third-order valence-electron chi connectivity index (χ3n) is 4.63. The molecular formula is C21H20N4O. The number of hydrogen-bond acceptors (Lipinski definition) is 3. The molecule has 5 nitrogen and oxygen atoms in total. The quantitative estimate of drug-likeness (QED) is 0.723. The predicted octanol–water partition coefficient (Wildman–Crippen LogP) is 3.17. The average molecular weight is 344 g/mol. The lowest BCUT2D eigenvalue weighted by Crippen LogP contribution is -2.24. The number of nitrogens with zero attached hydrogens (tertiary/aromatic N) is 3. The van der Waals surface area contributed by atoms with Crippen molar-refractivity contribution >= 4 is 12.0 Å². The fourth-order valence-corrected chi connectivity index (χ4v) is 3.18. The van der Waals surface area contributed by atoms with Crippen LogP contribution in [0.4, 0.5) is 0 Å². The van der Waals surface area contributed by atoms with Crippen LogP contribution >= 0.6 is 0 Å². The largest absolute Gasteiger partial charge is 0.349 e. The number of aryl methyl sites for hydroxylation is 1. The number of carbonyl (C=O) groups excluding carboxylic acids is 1. The number of nitrogens with one attached hydrogen (secondary N) is 1. The summed E-state index contributed by atoms with van der Waals surface area (Å²) in [6, 6.07) is 12.5. The molecule has 0 radical (unpaired) electrons. The van der Waals surface area contributed by atoms with Crippen molar-refractivity contribution in [2.45, 2.75) is 18.4 Å². The van der Waals surface area contributed by atoms with Crippen molar-refractivity contribution in [2.75, 3.05) is 0 Å². The smallest absolute Gasteiger partial charge is 0.244 e. The first kappa shape index (κ1) is 16.3. The Labute approximate surface area is 152 Å². The van der Waals surface area contributed by atoms with E-state index in [-0.39, 0.29) is 11.9 Å². The van der Waals surface area contributed by atoms with E-state index in [4.69, 9.17) is 0 Å². The van der Waals surface area contributed by atoms with E-state index in [0.717, 1.165) is 23.1 Å². The summed E-state index contributed by atoms with van der Waals surface area (Å²) in [6.45, 7) is 0. The molecular weight excluding hydrogens is 324 g/mol. The van der Waals surface area contributed by atoms with Gasteiger partial charge in [-0.2, -0.15) is 5.10 Å². The molecule has 2 heterocycles. The highest BCUT2D eigenvalue weighted by molar-refractivity contribution is 5.93. The van der Waals surface area contributed by atoms with Gasteiger partial charge in [-0.15, -0.1) is 0 Å². The van der Waals surface area contributed by atoms with Crippen molar-refractivity contribution in [1.29, 1.82) is 0 Å². The van der Waals surface area contributed by atoms with Gasteiger partial charge in [-0.1, -0.05) is 30.3 Å². The van der Waals surface area contributed by atoms with Crippen LogP contribution in [0.3, 0.4) is 0 Å². The molecule has 1 aliphatic rings. The standard InChI is InChI=1S/C21H20N4O/c1-25-14-17(13-23-25)18-9-10-22-12-16(18)7-8-21(26)24-20-11-19(20)15-5-3-2-4-6-15/h2-10,12-14,19-20H,11H2,1H3,(H,24,26)/b8-7+/t19-,20?/m1/s1. The molecule has 0 bridgehead atoms. The first-order valence-corrected chi connectivity index (χ1v) is 8.67. The van der Waals surface area contributed by atoms with Crippen molar-refractivity contribution in [3.05, 3.63) is 78.4 Å². The minimum absolute atomic E-state index is 0.0746. The van der Waals surface area contributed by atoms with Crippen LogP contribution in [0.5, 0.6) is 0 Å². The molecule has 0 aliphatic heterocycles. The van der Waals surface area contributed by atoms with Crippen LogP contribution < -0.4 is 5.32 Å². The van der Waals surface area contributed by atoms with Gasteiger partial charge in [0, 0.05) is 54.8 Å². The molecule has 1 unspecified atom stereocenters. The molecule has 0 spiro atoms. The summed E-state index contributed by atoms with van der Waals surface area (Å²) in [6.07, 6.45) is 11.6. The maximum atomic E-state index is 12.3. The van der Waals surface area contributed by atoms with Gasteiger partial charge >= 0.3 is 0 Å². The second-order valence-corrected chi connectivity index (χ2v) is 6.57. The SMILES string of the molecule is Cn1cc(-c2ccncc2/C=C/C(=O)NC2C[C@@H]2c2ccccc2)cn1. The van der Waals surface area contributed by atoms with Crippen molar-refractivity contribution in [1.82, 2.24) is 20.1 Å². The van der Waals surface area contributed by atoms with Crippen LogP contribution in [-0.4, -0.2) is 26.7 Å². The number of carbonyl (C=O) groups is 1. The van der Waals surface area contributed by atoms with Crippen LogP contribution in [0.25, 0.3) is 17.2 Å². The van der Waals surface area contributed by atoms with Crippen LogP contribution in [0, 0.1) is 0 Å². The van der Waals surface area contributed by atoms with Gasteiger partial charge < -0.3 is 5.32 Å². The Morgan fingerprint density at radius 1 is 1.23 bits per heavy atom. The number of rotatable bonds is 5. The molecule has 1 N–H and O–H groups in total. The predicted molar refractivity (Wildman–Crippen MR) is 101 cm³/mol. The van der Waals surface area contributed by atoms with E-state index in [9.17, 15) is 4.79 Å². The Morgan fingerprint density at radius 3 is 2.85 bits per heavy atom. The van der Waals surface area contributed by atoms with Gasteiger partial charge in [-0.25, -0.2) is 0 Å². The molecule has 2 atom stereocenters. The number of aromatic nitrogens is 3. The molecule has 1 saturated carbocycles. The Balaban J connectivity index is 1.42. The van der Waals surface area contributed by atoms with E-state index in [1.165, 1.54) is 5.56 Å². The first-order valence-electron chi connectivity index (χ1n) is 8.67. The third kappa shape index (κ3) is 3.57. The van der Waals surface area contributed by atoms with Gasteiger partial charge in [-0.05, 0) is 29.7 Å². The number of benzene rings is 1. The molecule has 1 amide bonds. The maximum Gasteiger partial charge on any atom is 0.244 e. The van der Waals surface area contributed by atoms with Crippen LogP contribution in [-0.2, 0) is 11.8 Å². The Bertz CT molecular complexity index is 945. The summed E-state index contributed by atoms with van der Waals surface area (Å²) >= 11 is 0. The van der Waals surface area contributed by atoms with E-state index in [1.807, 2.05) is 43.6 Å². The molecule has 1 aliphatic carbocycles. The van der Waals surface area contributed by atoms with Crippen molar-refractivity contribution in [3.63, 3.8) is 0 Å². The van der Waals surface area contributed by atoms with Gasteiger partial charge in [0.25, 0.3) is 0 Å². The van der Waals surface area contributed by atoms with E-state index in [0.29, 0.717) is 5.92 Å². The molecule has 5 heteroatoms. The molecule has 4 rings (SSSR count). The maximum absolute atomic E-state index is 12.3. The summed E-state index contributed by atoms with van der Waals surface area (Å²) in [7, 11) is 1.88. The second kappa shape index (κ2) is 6.96. The zero-order chi connectivity index (χ0) is 17.9. The highest BCUT2D eigenvalue weighted by atomic mass is 16.1. The zero-order valence-corrected chi connectivity index (χ0v) is 14.5. The fourth-order valence-electron chi connectivity index (χ4n) is 3.18. The van der Waals surface area contributed by atoms with E-state index in [2.05, 4.69) is 27.5 Å². The molecule has 0 saturated heterocycles. The Hall–Kier alpha value is -3.21. The minimum Gasteiger partial charge on any atom is -0.349 e. The molecule has 2 aromatic heterocycles. The lowest BCUT2D eigenvalue weighted by Gasteiger charge is -2.04. The molecule has 130 valence electrons. The Morgan fingerprint density at radius 2 is 2.08 bits per heavy atom. The third-order valence-corrected chi connectivity index (χ3v) is 4.63. The lowest BCUT2D eigenvalue weighted by molar-refractivity contribution is -0.116. The average Bonchev–Trinajstić information content (AvgIpc) is 3.30. The molecule has 1 aromatic carbocycles. The van der Waals surface area contributed by atoms with Crippen molar-refractivity contribution < 1.29 is 4.79 Å². The van der Waals surface area contributed by atoms with E-state index in [1.54, 1.807) is 29.3 Å². The van der Waals surface area contributed by atoms with Crippen molar-refractivity contribution in [3.8, 4) is 11.1 Å². The highest BCUT2D eigenvalue weighted by Crippen LogP contribution is 2.40. The minimum atomic E-state index is -0.0746. The summed E-state index contributed by atoms with van der Waals surface area (Å²) in [5, 5.41) is 7.28. The van der Waals surface area contributed by atoms with Gasteiger partial charge in [0.15, 0.2) is 0 Å². The van der Waals surface area contributed by atoms with E-state index >= 15 is 0 Å². The van der Waals surface area contributed by atoms with Gasteiger partial charge in [0.05, 0.1) is 6.20 Å². The molecule has 3 aromatic rings. The summed E-state index contributed by atoms with van der Waals surface area (Å²) < 4.78 is 1.76. The molecule has 26 heavy (non-hydrogen) atoms.